The summed E-state index contributed by atoms with van der Waals surface area (Å²) in [7, 11) is 3.07. The molecule has 1 aliphatic rings. The lowest BCUT2D eigenvalue weighted by Crippen LogP contribution is -2.33. The van der Waals surface area contributed by atoms with E-state index in [2.05, 4.69) is 15.3 Å². The van der Waals surface area contributed by atoms with E-state index in [0.29, 0.717) is 22.4 Å². The maximum absolute atomic E-state index is 13.3. The normalized spacial score (nSPS) is 16.5. The van der Waals surface area contributed by atoms with E-state index in [1.54, 1.807) is 36.4 Å². The van der Waals surface area contributed by atoms with Crippen LogP contribution in [0.25, 0.3) is 0 Å². The number of pyridine rings is 1. The minimum atomic E-state index is -0.609. The first-order valence-corrected chi connectivity index (χ1v) is 11.5. The molecule has 1 atom stereocenters. The standard InChI is InChI=1S/C25H24N4O4S/c1-32-19-11-12-21(33-2)20(14-19)28-23(30)15-22-24(31)29(16-18-10-6-7-13-26-18)25(34-22)27-17-8-4-3-5-9-17/h3-14,22H,15-16H2,1-2H3,(H,28,30). The molecule has 174 valence electrons. The third kappa shape index (κ3) is 5.55. The summed E-state index contributed by atoms with van der Waals surface area (Å²) < 4.78 is 10.6. The van der Waals surface area contributed by atoms with Gasteiger partial charge in [0.15, 0.2) is 5.17 Å². The van der Waals surface area contributed by atoms with Gasteiger partial charge in [0, 0.05) is 18.7 Å². The second-order valence-corrected chi connectivity index (χ2v) is 8.57. The van der Waals surface area contributed by atoms with Crippen LogP contribution in [0, 0.1) is 0 Å². The fourth-order valence-corrected chi connectivity index (χ4v) is 4.58. The predicted octanol–water partition coefficient (Wildman–Crippen LogP) is 4.26. The molecule has 1 N–H and O–H groups in total. The molecule has 0 radical (unpaired) electrons. The van der Waals surface area contributed by atoms with Gasteiger partial charge in [-0.05, 0) is 36.4 Å². The third-order valence-electron chi connectivity index (χ3n) is 5.10. The Morgan fingerprint density at radius 3 is 2.59 bits per heavy atom. The predicted molar refractivity (Wildman–Crippen MR) is 132 cm³/mol. The fourth-order valence-electron chi connectivity index (χ4n) is 3.42. The van der Waals surface area contributed by atoms with Crippen LogP contribution in [-0.2, 0) is 16.1 Å². The van der Waals surface area contributed by atoms with Gasteiger partial charge in [-0.3, -0.25) is 19.5 Å². The molecule has 2 amide bonds. The zero-order valence-corrected chi connectivity index (χ0v) is 19.6. The van der Waals surface area contributed by atoms with Crippen molar-refractivity contribution in [3.05, 3.63) is 78.6 Å². The molecule has 3 aromatic rings. The molecule has 1 aromatic heterocycles. The number of amides is 2. The van der Waals surface area contributed by atoms with Gasteiger partial charge in [0.05, 0.1) is 37.8 Å². The van der Waals surface area contributed by atoms with E-state index < -0.39 is 5.25 Å². The van der Waals surface area contributed by atoms with Crippen molar-refractivity contribution in [1.82, 2.24) is 9.88 Å². The highest BCUT2D eigenvalue weighted by Crippen LogP contribution is 2.34. The topological polar surface area (TPSA) is 93.1 Å². The number of rotatable bonds is 8. The van der Waals surface area contributed by atoms with Gasteiger partial charge in [0.1, 0.15) is 16.7 Å². The van der Waals surface area contributed by atoms with Crippen molar-refractivity contribution >= 4 is 40.1 Å². The van der Waals surface area contributed by atoms with Crippen LogP contribution in [-0.4, -0.2) is 46.3 Å². The Hall–Kier alpha value is -3.85. The maximum atomic E-state index is 13.3. The SMILES string of the molecule is COc1ccc(OC)c(NC(=O)CC2SC(=Nc3ccccc3)N(Cc3ccccn3)C2=O)c1. The summed E-state index contributed by atoms with van der Waals surface area (Å²) in [5.41, 5.74) is 1.95. The molecular weight excluding hydrogens is 452 g/mol. The Morgan fingerprint density at radius 1 is 1.09 bits per heavy atom. The number of nitrogens with zero attached hydrogens (tertiary/aromatic N) is 3. The Kier molecular flexibility index (Phi) is 7.44. The van der Waals surface area contributed by atoms with Crippen molar-refractivity contribution in [1.29, 1.82) is 0 Å². The molecule has 2 heterocycles. The first-order chi connectivity index (χ1) is 16.6. The lowest BCUT2D eigenvalue weighted by molar-refractivity contribution is -0.128. The van der Waals surface area contributed by atoms with Crippen LogP contribution < -0.4 is 14.8 Å². The van der Waals surface area contributed by atoms with Crippen LogP contribution in [0.15, 0.2) is 77.9 Å². The van der Waals surface area contributed by atoms with Crippen LogP contribution >= 0.6 is 11.8 Å². The summed E-state index contributed by atoms with van der Waals surface area (Å²) in [4.78, 5) is 36.7. The summed E-state index contributed by atoms with van der Waals surface area (Å²) in [6.45, 7) is 0.278. The second kappa shape index (κ2) is 10.8. The lowest BCUT2D eigenvalue weighted by Gasteiger charge is -2.16. The number of nitrogens with one attached hydrogen (secondary N) is 1. The van der Waals surface area contributed by atoms with Crippen molar-refractivity contribution in [2.24, 2.45) is 4.99 Å². The van der Waals surface area contributed by atoms with Gasteiger partial charge >= 0.3 is 0 Å². The number of carbonyl (C=O) groups excluding carboxylic acids is 2. The number of aliphatic imine (C=N–C) groups is 1. The van der Waals surface area contributed by atoms with E-state index in [1.807, 2.05) is 48.5 Å². The smallest absolute Gasteiger partial charge is 0.243 e. The average Bonchev–Trinajstić information content (AvgIpc) is 3.13. The van der Waals surface area contributed by atoms with Crippen LogP contribution in [0.3, 0.4) is 0 Å². The summed E-state index contributed by atoms with van der Waals surface area (Å²) in [6.07, 6.45) is 1.67. The highest BCUT2D eigenvalue weighted by Gasteiger charge is 2.39. The van der Waals surface area contributed by atoms with Crippen molar-refractivity contribution in [2.75, 3.05) is 19.5 Å². The number of anilines is 1. The molecule has 1 fully saturated rings. The van der Waals surface area contributed by atoms with Gasteiger partial charge in [-0.1, -0.05) is 36.0 Å². The first kappa shape index (κ1) is 23.3. The third-order valence-corrected chi connectivity index (χ3v) is 6.27. The van der Waals surface area contributed by atoms with Gasteiger partial charge in [0.25, 0.3) is 0 Å². The van der Waals surface area contributed by atoms with Gasteiger partial charge in [0.2, 0.25) is 11.8 Å². The van der Waals surface area contributed by atoms with Gasteiger partial charge < -0.3 is 14.8 Å². The molecule has 9 heteroatoms. The lowest BCUT2D eigenvalue weighted by atomic mass is 10.2. The van der Waals surface area contributed by atoms with Gasteiger partial charge in [-0.25, -0.2) is 4.99 Å². The molecule has 0 saturated carbocycles. The van der Waals surface area contributed by atoms with E-state index in [1.165, 1.54) is 18.9 Å². The number of carbonyl (C=O) groups is 2. The minimum absolute atomic E-state index is 0.0175. The zero-order valence-electron chi connectivity index (χ0n) is 18.8. The molecular formula is C25H24N4O4S. The number of para-hydroxylation sites is 1. The summed E-state index contributed by atoms with van der Waals surface area (Å²) in [5.74, 6) is 0.595. The zero-order chi connectivity index (χ0) is 23.9. The van der Waals surface area contributed by atoms with Crippen molar-refractivity contribution in [3.63, 3.8) is 0 Å². The van der Waals surface area contributed by atoms with Gasteiger partial charge in [-0.2, -0.15) is 0 Å². The first-order valence-electron chi connectivity index (χ1n) is 10.6. The van der Waals surface area contributed by atoms with E-state index in [0.717, 1.165) is 11.4 Å². The Morgan fingerprint density at radius 2 is 1.88 bits per heavy atom. The van der Waals surface area contributed by atoms with Crippen LogP contribution in [0.4, 0.5) is 11.4 Å². The fraction of sp³-hybridized carbons (Fsp3) is 0.200. The highest BCUT2D eigenvalue weighted by atomic mass is 32.2. The Bertz CT molecular complexity index is 1190. The van der Waals surface area contributed by atoms with E-state index >= 15 is 0 Å². The van der Waals surface area contributed by atoms with Crippen molar-refractivity contribution in [3.8, 4) is 11.5 Å². The summed E-state index contributed by atoms with van der Waals surface area (Å²) in [6, 6.07) is 20.1. The average molecular weight is 477 g/mol. The van der Waals surface area contributed by atoms with Crippen LogP contribution in [0.2, 0.25) is 0 Å². The number of hydrogen-bond acceptors (Lipinski definition) is 7. The Balaban J connectivity index is 1.53. The largest absolute Gasteiger partial charge is 0.497 e. The summed E-state index contributed by atoms with van der Waals surface area (Å²) >= 11 is 1.28. The second-order valence-electron chi connectivity index (χ2n) is 7.40. The van der Waals surface area contributed by atoms with Crippen LogP contribution in [0.1, 0.15) is 12.1 Å². The minimum Gasteiger partial charge on any atom is -0.497 e. The number of methoxy groups -OCH3 is 2. The molecule has 8 nitrogen and oxygen atoms in total. The molecule has 34 heavy (non-hydrogen) atoms. The van der Waals surface area contributed by atoms with Crippen molar-refractivity contribution in [2.45, 2.75) is 18.2 Å². The Labute approximate surface area is 202 Å². The molecule has 4 rings (SSSR count). The molecule has 1 unspecified atom stereocenters. The molecule has 0 spiro atoms. The number of hydrogen-bond donors (Lipinski definition) is 1. The number of amidine groups is 1. The molecule has 1 aliphatic heterocycles. The van der Waals surface area contributed by atoms with Gasteiger partial charge in [-0.15, -0.1) is 0 Å². The molecule has 1 saturated heterocycles. The number of ether oxygens (including phenoxy) is 2. The number of thioether (sulfide) groups is 1. The maximum Gasteiger partial charge on any atom is 0.243 e. The monoisotopic (exact) mass is 476 g/mol. The summed E-state index contributed by atoms with van der Waals surface area (Å²) in [5, 5.41) is 2.76. The van der Waals surface area contributed by atoms with E-state index in [-0.39, 0.29) is 24.8 Å². The molecule has 0 bridgehead atoms. The molecule has 0 aliphatic carbocycles. The number of benzene rings is 2. The van der Waals surface area contributed by atoms with E-state index in [4.69, 9.17) is 9.47 Å². The molecule has 2 aromatic carbocycles. The number of aromatic nitrogens is 1. The van der Waals surface area contributed by atoms with E-state index in [9.17, 15) is 9.59 Å². The van der Waals surface area contributed by atoms with Crippen LogP contribution in [0.5, 0.6) is 11.5 Å². The van der Waals surface area contributed by atoms with Crippen molar-refractivity contribution < 1.29 is 19.1 Å². The highest BCUT2D eigenvalue weighted by molar-refractivity contribution is 8.15. The quantitative estimate of drug-likeness (QED) is 0.522.